The predicted octanol–water partition coefficient (Wildman–Crippen LogP) is 3.70. The first-order valence-electron chi connectivity index (χ1n) is 8.97. The van der Waals surface area contributed by atoms with Crippen LogP contribution in [0.1, 0.15) is 15.9 Å². The molecule has 0 aliphatic rings. The molecule has 0 fully saturated rings. The molecule has 0 saturated carbocycles. The number of amides is 1. The molecule has 4 N–H and O–H groups in total. The Morgan fingerprint density at radius 1 is 1.18 bits per heavy atom. The number of H-pyrrole nitrogens is 1. The van der Waals surface area contributed by atoms with E-state index >= 15 is 0 Å². The van der Waals surface area contributed by atoms with Crippen LogP contribution in [0, 0.1) is 0 Å². The normalized spacial score (nSPS) is 12.0. The van der Waals surface area contributed by atoms with Crippen LogP contribution in [-0.4, -0.2) is 33.6 Å². The topological polar surface area (TPSA) is 90.0 Å². The Kier molecular flexibility index (Phi) is 5.36. The summed E-state index contributed by atoms with van der Waals surface area (Å²) in [5, 5.41) is 19.6. The van der Waals surface area contributed by atoms with Crippen molar-refractivity contribution < 1.29 is 9.90 Å². The van der Waals surface area contributed by atoms with E-state index in [1.165, 1.54) is 11.3 Å². The maximum Gasteiger partial charge on any atom is 0.254 e. The van der Waals surface area contributed by atoms with Crippen molar-refractivity contribution in [2.45, 2.75) is 12.5 Å². The number of hydrogen-bond acceptors (Lipinski definition) is 5. The number of fused-ring (bicyclic) bond motifs is 1. The first kappa shape index (κ1) is 18.2. The molecular formula is C21H20N4O2S. The second-order valence-corrected chi connectivity index (χ2v) is 7.35. The van der Waals surface area contributed by atoms with Crippen LogP contribution in [0.4, 0.5) is 10.7 Å². The van der Waals surface area contributed by atoms with E-state index in [0.717, 1.165) is 27.3 Å². The number of benzene rings is 1. The largest absolute Gasteiger partial charge is 0.394 e. The highest BCUT2D eigenvalue weighted by Gasteiger charge is 2.18. The Morgan fingerprint density at radius 2 is 2.04 bits per heavy atom. The molecular weight excluding hydrogens is 372 g/mol. The van der Waals surface area contributed by atoms with Gasteiger partial charge in [-0.05, 0) is 35.6 Å². The zero-order chi connectivity index (χ0) is 19.3. The van der Waals surface area contributed by atoms with Crippen molar-refractivity contribution in [2.24, 2.45) is 0 Å². The van der Waals surface area contributed by atoms with Crippen molar-refractivity contribution in [3.63, 3.8) is 0 Å². The SMILES string of the molecule is O=C(N[C@@H](CO)Cc1ccccc1)c1ccsc1Nc1ccnc2[nH]ccc12. The van der Waals surface area contributed by atoms with Gasteiger partial charge < -0.3 is 20.7 Å². The van der Waals surface area contributed by atoms with Crippen LogP contribution < -0.4 is 10.6 Å². The van der Waals surface area contributed by atoms with Crippen molar-refractivity contribution in [3.8, 4) is 0 Å². The molecule has 0 aliphatic heterocycles. The molecule has 3 aromatic heterocycles. The van der Waals surface area contributed by atoms with E-state index in [1.54, 1.807) is 12.3 Å². The molecule has 3 heterocycles. The van der Waals surface area contributed by atoms with E-state index in [2.05, 4.69) is 20.6 Å². The number of nitrogens with one attached hydrogen (secondary N) is 3. The number of thiophene rings is 1. The molecule has 7 heteroatoms. The second kappa shape index (κ2) is 8.24. The number of aromatic nitrogens is 2. The number of aromatic amines is 1. The molecule has 28 heavy (non-hydrogen) atoms. The predicted molar refractivity (Wildman–Crippen MR) is 112 cm³/mol. The van der Waals surface area contributed by atoms with Gasteiger partial charge in [-0.2, -0.15) is 0 Å². The molecule has 0 spiro atoms. The molecule has 0 saturated heterocycles. The van der Waals surface area contributed by atoms with Crippen LogP contribution in [0.5, 0.6) is 0 Å². The third-order valence-corrected chi connectivity index (χ3v) is 5.33. The smallest absolute Gasteiger partial charge is 0.254 e. The number of aliphatic hydroxyl groups excluding tert-OH is 1. The van der Waals surface area contributed by atoms with Crippen LogP contribution in [-0.2, 0) is 6.42 Å². The second-order valence-electron chi connectivity index (χ2n) is 6.43. The van der Waals surface area contributed by atoms with Gasteiger partial charge in [0.1, 0.15) is 10.6 Å². The van der Waals surface area contributed by atoms with Crippen molar-refractivity contribution in [2.75, 3.05) is 11.9 Å². The quantitative estimate of drug-likeness (QED) is 0.386. The number of rotatable bonds is 7. The average Bonchev–Trinajstić information content (AvgIpc) is 3.38. The van der Waals surface area contributed by atoms with Gasteiger partial charge in [0, 0.05) is 17.8 Å². The van der Waals surface area contributed by atoms with E-state index in [4.69, 9.17) is 0 Å². The van der Waals surface area contributed by atoms with Crippen LogP contribution in [0.3, 0.4) is 0 Å². The van der Waals surface area contributed by atoms with E-state index in [1.807, 2.05) is 54.0 Å². The van der Waals surface area contributed by atoms with Gasteiger partial charge >= 0.3 is 0 Å². The van der Waals surface area contributed by atoms with Crippen molar-refractivity contribution >= 4 is 39.0 Å². The Labute approximate surface area is 166 Å². The monoisotopic (exact) mass is 392 g/mol. The van der Waals surface area contributed by atoms with Gasteiger partial charge in [-0.15, -0.1) is 11.3 Å². The number of anilines is 2. The fraction of sp³-hybridized carbons (Fsp3) is 0.143. The van der Waals surface area contributed by atoms with Gasteiger partial charge in [-0.1, -0.05) is 30.3 Å². The number of nitrogens with zero attached hydrogens (tertiary/aromatic N) is 1. The lowest BCUT2D eigenvalue weighted by Gasteiger charge is -2.17. The molecule has 0 unspecified atom stereocenters. The summed E-state index contributed by atoms with van der Waals surface area (Å²) in [6.07, 6.45) is 4.13. The molecule has 1 amide bonds. The minimum absolute atomic E-state index is 0.123. The molecule has 1 atom stereocenters. The highest BCUT2D eigenvalue weighted by Crippen LogP contribution is 2.30. The molecule has 0 aliphatic carbocycles. The van der Waals surface area contributed by atoms with Crippen LogP contribution in [0.2, 0.25) is 0 Å². The number of hydrogen-bond donors (Lipinski definition) is 4. The Bertz CT molecular complexity index is 1070. The summed E-state index contributed by atoms with van der Waals surface area (Å²) >= 11 is 1.46. The number of pyridine rings is 1. The van der Waals surface area contributed by atoms with E-state index in [9.17, 15) is 9.90 Å². The maximum absolute atomic E-state index is 12.8. The Morgan fingerprint density at radius 3 is 2.86 bits per heavy atom. The molecule has 1 aromatic carbocycles. The molecule has 142 valence electrons. The van der Waals surface area contributed by atoms with Gasteiger partial charge in [-0.3, -0.25) is 4.79 Å². The van der Waals surface area contributed by atoms with Gasteiger partial charge in [0.15, 0.2) is 0 Å². The third kappa shape index (κ3) is 3.90. The van der Waals surface area contributed by atoms with E-state index in [0.29, 0.717) is 12.0 Å². The zero-order valence-corrected chi connectivity index (χ0v) is 15.9. The highest BCUT2D eigenvalue weighted by atomic mass is 32.1. The number of carbonyl (C=O) groups is 1. The standard InChI is InChI=1S/C21H20N4O2S/c26-13-15(12-14-4-2-1-3-5-14)24-20(27)17-8-11-28-21(17)25-18-7-10-23-19-16(18)6-9-22-19/h1-11,15,26H,12-13H2,(H,24,27)(H2,22,23,25)/t15-/m1/s1. The molecule has 0 bridgehead atoms. The molecule has 4 aromatic rings. The van der Waals surface area contributed by atoms with Crippen LogP contribution in [0.15, 0.2) is 66.3 Å². The number of aliphatic hydroxyl groups is 1. The Balaban J connectivity index is 1.50. The highest BCUT2D eigenvalue weighted by molar-refractivity contribution is 7.14. The fourth-order valence-corrected chi connectivity index (χ4v) is 3.90. The lowest BCUT2D eigenvalue weighted by Crippen LogP contribution is -2.39. The summed E-state index contributed by atoms with van der Waals surface area (Å²) in [7, 11) is 0. The molecule has 6 nitrogen and oxygen atoms in total. The van der Waals surface area contributed by atoms with Crippen molar-refractivity contribution in [1.82, 2.24) is 15.3 Å². The van der Waals surface area contributed by atoms with Crippen molar-refractivity contribution in [3.05, 3.63) is 77.4 Å². The summed E-state index contributed by atoms with van der Waals surface area (Å²) < 4.78 is 0. The van der Waals surface area contributed by atoms with Gasteiger partial charge in [0.2, 0.25) is 0 Å². The Hall–Kier alpha value is -3.16. The third-order valence-electron chi connectivity index (χ3n) is 4.50. The summed E-state index contributed by atoms with van der Waals surface area (Å²) in [4.78, 5) is 20.2. The molecule has 4 rings (SSSR count). The summed E-state index contributed by atoms with van der Waals surface area (Å²) in [5.74, 6) is -0.210. The zero-order valence-electron chi connectivity index (χ0n) is 15.1. The molecule has 0 radical (unpaired) electrons. The fourth-order valence-electron chi connectivity index (χ4n) is 3.10. The maximum atomic E-state index is 12.8. The van der Waals surface area contributed by atoms with Crippen LogP contribution in [0.25, 0.3) is 11.0 Å². The lowest BCUT2D eigenvalue weighted by molar-refractivity contribution is 0.0918. The summed E-state index contributed by atoms with van der Waals surface area (Å²) in [6.45, 7) is -0.123. The van der Waals surface area contributed by atoms with E-state index in [-0.39, 0.29) is 18.6 Å². The number of carbonyl (C=O) groups excluding carboxylic acids is 1. The van der Waals surface area contributed by atoms with Gasteiger partial charge in [0.25, 0.3) is 5.91 Å². The van der Waals surface area contributed by atoms with Gasteiger partial charge in [0.05, 0.1) is 23.9 Å². The van der Waals surface area contributed by atoms with Crippen molar-refractivity contribution in [1.29, 1.82) is 0 Å². The average molecular weight is 392 g/mol. The summed E-state index contributed by atoms with van der Waals surface area (Å²) in [6, 6.07) is 15.1. The van der Waals surface area contributed by atoms with Gasteiger partial charge in [-0.25, -0.2) is 4.98 Å². The van der Waals surface area contributed by atoms with E-state index < -0.39 is 0 Å². The lowest BCUT2D eigenvalue weighted by atomic mass is 10.1. The minimum atomic E-state index is -0.347. The summed E-state index contributed by atoms with van der Waals surface area (Å²) in [5.41, 5.74) is 3.29. The minimum Gasteiger partial charge on any atom is -0.394 e. The van der Waals surface area contributed by atoms with Crippen LogP contribution >= 0.6 is 11.3 Å². The first-order valence-corrected chi connectivity index (χ1v) is 9.85. The first-order chi connectivity index (χ1) is 13.7.